The standard InChI is InChI=1S/C22H22F4N4/c1-12-14(3)30(22(10-23)7-8-22)9-17-19(12)27-11-28-21(17)29-13(2)15-5-4-6-16(18(15)24)20(25)26/h4-6,9,11,13,20H,3,7-8,10H2,1-2H3,(H,27,28,29)/t13-/m1/s1. The van der Waals surface area contributed by atoms with Crippen LogP contribution in [0.4, 0.5) is 23.4 Å². The predicted octanol–water partition coefficient (Wildman–Crippen LogP) is 3.97. The molecule has 0 saturated heterocycles. The van der Waals surface area contributed by atoms with Gasteiger partial charge in [0, 0.05) is 17.5 Å². The number of hydrogen-bond donors (Lipinski definition) is 1. The third kappa shape index (κ3) is 3.24. The van der Waals surface area contributed by atoms with Gasteiger partial charge in [-0.25, -0.2) is 27.5 Å². The fourth-order valence-corrected chi connectivity index (χ4v) is 3.82. The SMILES string of the molecule is C=C1C(C)=c2ncnc(N[C@H](C)c3cccc(C(F)F)c3F)c2=CN1C1(CF)CC1. The number of anilines is 1. The van der Waals surface area contributed by atoms with E-state index in [1.165, 1.54) is 18.5 Å². The normalized spacial score (nSPS) is 18.2. The van der Waals surface area contributed by atoms with Gasteiger partial charge in [-0.1, -0.05) is 24.8 Å². The van der Waals surface area contributed by atoms with Gasteiger partial charge in [-0.3, -0.25) is 0 Å². The Hall–Kier alpha value is -2.90. The number of alkyl halides is 3. The molecule has 2 heterocycles. The summed E-state index contributed by atoms with van der Waals surface area (Å²) in [6, 6.07) is 3.31. The highest BCUT2D eigenvalue weighted by molar-refractivity contribution is 5.67. The van der Waals surface area contributed by atoms with E-state index in [-0.39, 0.29) is 5.56 Å². The number of nitrogens with one attached hydrogen (secondary N) is 1. The number of allylic oxidation sites excluding steroid dienone is 1. The van der Waals surface area contributed by atoms with Crippen molar-refractivity contribution in [2.45, 2.75) is 44.7 Å². The second kappa shape index (κ2) is 7.41. The molecule has 0 bridgehead atoms. The van der Waals surface area contributed by atoms with Crippen LogP contribution in [0.25, 0.3) is 11.8 Å². The molecule has 1 saturated carbocycles. The van der Waals surface area contributed by atoms with Gasteiger partial charge in [0.2, 0.25) is 0 Å². The first kappa shape index (κ1) is 20.4. The highest BCUT2D eigenvalue weighted by Crippen LogP contribution is 2.45. The lowest BCUT2D eigenvalue weighted by molar-refractivity contribution is 0.146. The highest BCUT2D eigenvalue weighted by Gasteiger charge is 2.49. The van der Waals surface area contributed by atoms with E-state index in [0.29, 0.717) is 22.1 Å². The maximum absolute atomic E-state index is 14.6. The summed E-state index contributed by atoms with van der Waals surface area (Å²) in [6.45, 7) is 7.13. The Labute approximate surface area is 171 Å². The molecule has 1 atom stereocenters. The van der Waals surface area contributed by atoms with E-state index in [4.69, 9.17) is 0 Å². The maximum atomic E-state index is 14.6. The molecule has 1 fully saturated rings. The molecule has 2 aromatic rings. The molecule has 0 spiro atoms. The molecule has 4 rings (SSSR count). The molecule has 1 aromatic heterocycles. The Morgan fingerprint density at radius 2 is 1.93 bits per heavy atom. The first-order valence-corrected chi connectivity index (χ1v) is 9.70. The minimum atomic E-state index is -2.90. The van der Waals surface area contributed by atoms with Gasteiger partial charge in [0.25, 0.3) is 6.43 Å². The van der Waals surface area contributed by atoms with Crippen LogP contribution < -0.4 is 15.9 Å². The minimum absolute atomic E-state index is 0.111. The Kier molecular flexibility index (Phi) is 5.03. The van der Waals surface area contributed by atoms with E-state index in [2.05, 4.69) is 21.9 Å². The highest BCUT2D eigenvalue weighted by atomic mass is 19.3. The zero-order valence-corrected chi connectivity index (χ0v) is 16.7. The molecular weight excluding hydrogens is 396 g/mol. The Morgan fingerprint density at radius 3 is 2.57 bits per heavy atom. The van der Waals surface area contributed by atoms with E-state index in [0.717, 1.165) is 24.5 Å². The second-order valence-electron chi connectivity index (χ2n) is 7.83. The van der Waals surface area contributed by atoms with Crippen LogP contribution in [-0.4, -0.2) is 27.1 Å². The summed E-state index contributed by atoms with van der Waals surface area (Å²) >= 11 is 0. The zero-order valence-electron chi connectivity index (χ0n) is 16.7. The molecule has 4 nitrogen and oxygen atoms in total. The van der Waals surface area contributed by atoms with Gasteiger partial charge in [0.05, 0.1) is 27.7 Å². The van der Waals surface area contributed by atoms with Gasteiger partial charge in [0.1, 0.15) is 24.6 Å². The summed E-state index contributed by atoms with van der Waals surface area (Å²) < 4.78 is 54.4. The monoisotopic (exact) mass is 418 g/mol. The van der Waals surface area contributed by atoms with Crippen LogP contribution in [-0.2, 0) is 0 Å². The summed E-state index contributed by atoms with van der Waals surface area (Å²) in [5.41, 5.74) is 0.372. The Morgan fingerprint density at radius 1 is 1.23 bits per heavy atom. The third-order valence-corrected chi connectivity index (χ3v) is 5.92. The number of benzene rings is 1. The van der Waals surface area contributed by atoms with Crippen LogP contribution >= 0.6 is 0 Å². The van der Waals surface area contributed by atoms with Crippen molar-refractivity contribution < 1.29 is 17.6 Å². The number of halogens is 4. The summed E-state index contributed by atoms with van der Waals surface area (Å²) in [4.78, 5) is 10.4. The Bertz CT molecular complexity index is 1120. The van der Waals surface area contributed by atoms with Crippen LogP contribution in [0.5, 0.6) is 0 Å². The predicted molar refractivity (Wildman–Crippen MR) is 107 cm³/mol. The molecule has 158 valence electrons. The minimum Gasteiger partial charge on any atom is -0.363 e. The van der Waals surface area contributed by atoms with Gasteiger partial charge in [-0.2, -0.15) is 0 Å². The largest absolute Gasteiger partial charge is 0.363 e. The van der Waals surface area contributed by atoms with Crippen molar-refractivity contribution in [2.24, 2.45) is 0 Å². The molecule has 1 N–H and O–H groups in total. The second-order valence-corrected chi connectivity index (χ2v) is 7.83. The maximum Gasteiger partial charge on any atom is 0.266 e. The van der Waals surface area contributed by atoms with Gasteiger partial charge < -0.3 is 10.2 Å². The number of hydrogen-bond acceptors (Lipinski definition) is 4. The van der Waals surface area contributed by atoms with E-state index in [1.807, 2.05) is 11.8 Å². The Balaban J connectivity index is 1.76. The first-order valence-electron chi connectivity index (χ1n) is 9.70. The third-order valence-electron chi connectivity index (χ3n) is 5.92. The van der Waals surface area contributed by atoms with Crippen molar-refractivity contribution in [3.05, 3.63) is 64.3 Å². The number of fused-ring (bicyclic) bond motifs is 1. The van der Waals surface area contributed by atoms with E-state index in [1.54, 1.807) is 13.1 Å². The average Bonchev–Trinajstić information content (AvgIpc) is 3.52. The zero-order chi connectivity index (χ0) is 21.6. The quantitative estimate of drug-likeness (QED) is 0.721. The summed E-state index contributed by atoms with van der Waals surface area (Å²) in [5.74, 6) is -0.521. The number of aromatic nitrogens is 2. The summed E-state index contributed by atoms with van der Waals surface area (Å²) in [7, 11) is 0. The molecule has 1 aliphatic carbocycles. The summed E-state index contributed by atoms with van der Waals surface area (Å²) in [5, 5.41) is 4.40. The average molecular weight is 418 g/mol. The molecule has 1 aromatic carbocycles. The lowest BCUT2D eigenvalue weighted by atomic mass is 10.0. The molecule has 0 radical (unpaired) electrons. The summed E-state index contributed by atoms with van der Waals surface area (Å²) in [6.07, 6.45) is 1.70. The van der Waals surface area contributed by atoms with Crippen molar-refractivity contribution in [3.8, 4) is 0 Å². The smallest absolute Gasteiger partial charge is 0.266 e. The van der Waals surface area contributed by atoms with Crippen molar-refractivity contribution in [2.75, 3.05) is 12.0 Å². The fraction of sp³-hybridized carbons (Fsp3) is 0.364. The van der Waals surface area contributed by atoms with Crippen molar-refractivity contribution in [3.63, 3.8) is 0 Å². The van der Waals surface area contributed by atoms with E-state index in [9.17, 15) is 17.6 Å². The molecule has 30 heavy (non-hydrogen) atoms. The number of nitrogens with zero attached hydrogens (tertiary/aromatic N) is 3. The number of rotatable bonds is 6. The van der Waals surface area contributed by atoms with Crippen LogP contribution in [0.15, 0.2) is 36.8 Å². The van der Waals surface area contributed by atoms with Crippen LogP contribution in [0.2, 0.25) is 0 Å². The van der Waals surface area contributed by atoms with Gasteiger partial charge >= 0.3 is 0 Å². The van der Waals surface area contributed by atoms with Gasteiger partial charge in [-0.05, 0) is 32.3 Å². The fourth-order valence-electron chi connectivity index (χ4n) is 3.82. The van der Waals surface area contributed by atoms with Crippen molar-refractivity contribution in [1.82, 2.24) is 14.9 Å². The topological polar surface area (TPSA) is 41.1 Å². The molecular formula is C22H22F4N4. The lowest BCUT2D eigenvalue weighted by Crippen LogP contribution is -2.45. The van der Waals surface area contributed by atoms with Crippen LogP contribution in [0, 0.1) is 5.82 Å². The molecule has 0 unspecified atom stereocenters. The van der Waals surface area contributed by atoms with E-state index >= 15 is 0 Å². The van der Waals surface area contributed by atoms with Crippen molar-refractivity contribution in [1.29, 1.82) is 0 Å². The van der Waals surface area contributed by atoms with Crippen LogP contribution in [0.1, 0.15) is 50.3 Å². The molecule has 8 heteroatoms. The van der Waals surface area contributed by atoms with Gasteiger partial charge in [-0.15, -0.1) is 0 Å². The molecule has 1 aliphatic heterocycles. The lowest BCUT2D eigenvalue weighted by Gasteiger charge is -2.33. The van der Waals surface area contributed by atoms with E-state index < -0.39 is 36.1 Å². The molecule has 0 amide bonds. The molecule has 2 aliphatic rings. The van der Waals surface area contributed by atoms with Crippen molar-refractivity contribution >= 4 is 17.6 Å². The van der Waals surface area contributed by atoms with Crippen LogP contribution in [0.3, 0.4) is 0 Å². The van der Waals surface area contributed by atoms with Gasteiger partial charge in [0.15, 0.2) is 0 Å². The first-order chi connectivity index (χ1) is 14.3.